The summed E-state index contributed by atoms with van der Waals surface area (Å²) in [5.74, 6) is 0.648. The Morgan fingerprint density at radius 1 is 1.22 bits per heavy atom. The molecule has 0 radical (unpaired) electrons. The number of aliphatic hydroxyl groups is 1. The molecule has 4 heteroatoms. The number of carbonyl (C=O) groups is 2. The van der Waals surface area contributed by atoms with Gasteiger partial charge in [-0.05, 0) is 44.3 Å². The lowest BCUT2D eigenvalue weighted by Gasteiger charge is -2.59. The predicted octanol–water partition coefficient (Wildman–Crippen LogP) is 2.56. The first-order valence-corrected chi connectivity index (χ1v) is 8.68. The van der Waals surface area contributed by atoms with Crippen LogP contribution in [0.4, 0.5) is 0 Å². The van der Waals surface area contributed by atoms with Gasteiger partial charge in [0.1, 0.15) is 5.60 Å². The number of hydrogen-bond donors (Lipinski definition) is 1. The zero-order valence-corrected chi connectivity index (χ0v) is 13.7. The fourth-order valence-electron chi connectivity index (χ4n) is 5.85. The molecule has 2 saturated carbocycles. The number of hydrogen-bond acceptors (Lipinski definition) is 4. The SMILES string of the molecule is C[C@]12C[C@@H](O)[C@@H]3[C@H](CCC4=CC(=O)C=C[C@]43C)[C@@H]1CCC(=O)O2. The van der Waals surface area contributed by atoms with Gasteiger partial charge in [0.05, 0.1) is 6.10 Å². The van der Waals surface area contributed by atoms with E-state index in [1.807, 2.05) is 13.0 Å². The molecule has 0 aromatic heterocycles. The number of allylic oxidation sites excluding steroid dienone is 4. The van der Waals surface area contributed by atoms with Gasteiger partial charge in [-0.1, -0.05) is 18.6 Å². The fourth-order valence-corrected chi connectivity index (χ4v) is 5.85. The van der Waals surface area contributed by atoms with Crippen molar-refractivity contribution in [1.82, 2.24) is 0 Å². The molecular formula is C19H24O4. The van der Waals surface area contributed by atoms with E-state index in [1.165, 1.54) is 0 Å². The number of esters is 1. The Hall–Kier alpha value is -1.42. The van der Waals surface area contributed by atoms with Crippen LogP contribution in [0.2, 0.25) is 0 Å². The first kappa shape index (κ1) is 15.1. The van der Waals surface area contributed by atoms with Gasteiger partial charge < -0.3 is 9.84 Å². The first-order chi connectivity index (χ1) is 10.8. The first-order valence-electron chi connectivity index (χ1n) is 8.68. The maximum absolute atomic E-state index is 11.8. The molecule has 3 aliphatic carbocycles. The Labute approximate surface area is 136 Å². The van der Waals surface area contributed by atoms with Crippen molar-refractivity contribution < 1.29 is 19.4 Å². The molecule has 0 spiro atoms. The summed E-state index contributed by atoms with van der Waals surface area (Å²) >= 11 is 0. The molecule has 1 aliphatic heterocycles. The smallest absolute Gasteiger partial charge is 0.306 e. The molecule has 0 unspecified atom stereocenters. The quantitative estimate of drug-likeness (QED) is 0.698. The van der Waals surface area contributed by atoms with Gasteiger partial charge in [-0.15, -0.1) is 0 Å². The second-order valence-corrected chi connectivity index (χ2v) is 8.12. The highest BCUT2D eigenvalue weighted by atomic mass is 16.6. The van der Waals surface area contributed by atoms with Crippen molar-refractivity contribution in [3.63, 3.8) is 0 Å². The van der Waals surface area contributed by atoms with E-state index in [4.69, 9.17) is 4.74 Å². The third-order valence-corrected chi connectivity index (χ3v) is 6.84. The lowest BCUT2D eigenvalue weighted by atomic mass is 9.48. The van der Waals surface area contributed by atoms with Crippen LogP contribution in [0.1, 0.15) is 46.0 Å². The van der Waals surface area contributed by atoms with Gasteiger partial charge in [0.15, 0.2) is 5.78 Å². The van der Waals surface area contributed by atoms with Crippen molar-refractivity contribution in [2.45, 2.75) is 57.7 Å². The third-order valence-electron chi connectivity index (χ3n) is 6.84. The van der Waals surface area contributed by atoms with E-state index in [1.54, 1.807) is 12.2 Å². The average Bonchev–Trinajstić information content (AvgIpc) is 2.46. The molecule has 0 bridgehead atoms. The van der Waals surface area contributed by atoms with Crippen LogP contribution in [-0.4, -0.2) is 28.6 Å². The zero-order chi connectivity index (χ0) is 16.4. The molecule has 6 atom stereocenters. The molecule has 1 N–H and O–H groups in total. The summed E-state index contributed by atoms with van der Waals surface area (Å²) in [5.41, 5.74) is 0.363. The molecule has 4 aliphatic rings. The van der Waals surface area contributed by atoms with E-state index in [0.717, 1.165) is 24.8 Å². The van der Waals surface area contributed by atoms with E-state index in [-0.39, 0.29) is 23.1 Å². The van der Waals surface area contributed by atoms with Gasteiger partial charge in [0.2, 0.25) is 0 Å². The number of aliphatic hydroxyl groups excluding tert-OH is 1. The van der Waals surface area contributed by atoms with E-state index in [2.05, 4.69) is 6.92 Å². The summed E-state index contributed by atoms with van der Waals surface area (Å²) in [6.45, 7) is 4.14. The highest BCUT2D eigenvalue weighted by Gasteiger charge is 2.60. The van der Waals surface area contributed by atoms with Gasteiger partial charge in [0, 0.05) is 30.1 Å². The number of fused-ring (bicyclic) bond motifs is 5. The van der Waals surface area contributed by atoms with E-state index in [9.17, 15) is 14.7 Å². The molecule has 0 amide bonds. The highest BCUT2D eigenvalue weighted by Crippen LogP contribution is 2.60. The van der Waals surface area contributed by atoms with Crippen molar-refractivity contribution in [3.05, 3.63) is 23.8 Å². The van der Waals surface area contributed by atoms with E-state index < -0.39 is 11.7 Å². The van der Waals surface area contributed by atoms with Gasteiger partial charge >= 0.3 is 5.97 Å². The minimum atomic E-state index is -0.540. The molecule has 0 aromatic rings. The van der Waals surface area contributed by atoms with Crippen LogP contribution >= 0.6 is 0 Å². The Kier molecular flexibility index (Phi) is 3.15. The van der Waals surface area contributed by atoms with Gasteiger partial charge in [-0.25, -0.2) is 0 Å². The van der Waals surface area contributed by atoms with Crippen LogP contribution in [0.3, 0.4) is 0 Å². The Balaban J connectivity index is 1.73. The maximum Gasteiger partial charge on any atom is 0.306 e. The van der Waals surface area contributed by atoms with Crippen LogP contribution in [-0.2, 0) is 14.3 Å². The summed E-state index contributed by atoms with van der Waals surface area (Å²) in [6, 6.07) is 0. The number of carbonyl (C=O) groups excluding carboxylic acids is 2. The average molecular weight is 316 g/mol. The topological polar surface area (TPSA) is 63.6 Å². The van der Waals surface area contributed by atoms with Crippen LogP contribution in [0.25, 0.3) is 0 Å². The summed E-state index contributed by atoms with van der Waals surface area (Å²) in [4.78, 5) is 23.5. The maximum atomic E-state index is 11.8. The molecule has 4 rings (SSSR count). The Morgan fingerprint density at radius 2 is 2.00 bits per heavy atom. The molecule has 124 valence electrons. The molecule has 23 heavy (non-hydrogen) atoms. The predicted molar refractivity (Wildman–Crippen MR) is 84.4 cm³/mol. The standard InChI is InChI=1S/C19H24O4/c1-18-8-7-12(20)9-11(18)3-4-13-14-5-6-16(22)23-19(14,2)10-15(21)17(13)18/h7-9,13-15,17,21H,3-6,10H2,1-2H3/t13-,14+,15-,17+,18-,19+/m1/s1. The van der Waals surface area contributed by atoms with Gasteiger partial charge in [-0.2, -0.15) is 0 Å². The summed E-state index contributed by atoms with van der Waals surface area (Å²) < 4.78 is 5.70. The number of ether oxygens (including phenoxy) is 1. The van der Waals surface area contributed by atoms with Crippen molar-refractivity contribution in [1.29, 1.82) is 0 Å². The normalized spacial score (nSPS) is 48.7. The lowest BCUT2D eigenvalue weighted by Crippen LogP contribution is -2.61. The largest absolute Gasteiger partial charge is 0.459 e. The second kappa shape index (κ2) is 4.79. The number of ketones is 1. The molecule has 3 fully saturated rings. The van der Waals surface area contributed by atoms with Crippen LogP contribution in [0, 0.1) is 23.2 Å². The zero-order valence-electron chi connectivity index (χ0n) is 13.7. The summed E-state index contributed by atoms with van der Waals surface area (Å²) in [5, 5.41) is 10.9. The van der Waals surface area contributed by atoms with Crippen molar-refractivity contribution in [2.75, 3.05) is 0 Å². The minimum Gasteiger partial charge on any atom is -0.459 e. The number of rotatable bonds is 0. The summed E-state index contributed by atoms with van der Waals surface area (Å²) in [6.07, 6.45) is 8.57. The second-order valence-electron chi connectivity index (χ2n) is 8.12. The van der Waals surface area contributed by atoms with Crippen LogP contribution in [0.15, 0.2) is 23.8 Å². The van der Waals surface area contributed by atoms with Crippen molar-refractivity contribution in [3.8, 4) is 0 Å². The molecular weight excluding hydrogens is 292 g/mol. The van der Waals surface area contributed by atoms with E-state index >= 15 is 0 Å². The van der Waals surface area contributed by atoms with E-state index in [0.29, 0.717) is 24.7 Å². The van der Waals surface area contributed by atoms with Crippen LogP contribution < -0.4 is 0 Å². The van der Waals surface area contributed by atoms with Crippen molar-refractivity contribution in [2.24, 2.45) is 23.2 Å². The summed E-state index contributed by atoms with van der Waals surface area (Å²) in [7, 11) is 0. The Bertz CT molecular complexity index is 633. The molecule has 1 heterocycles. The molecule has 1 saturated heterocycles. The molecule has 4 nitrogen and oxygen atoms in total. The van der Waals surface area contributed by atoms with Crippen molar-refractivity contribution >= 4 is 11.8 Å². The van der Waals surface area contributed by atoms with Gasteiger partial charge in [0.25, 0.3) is 0 Å². The highest BCUT2D eigenvalue weighted by molar-refractivity contribution is 6.01. The fraction of sp³-hybridized carbons (Fsp3) is 0.684. The monoisotopic (exact) mass is 316 g/mol. The third kappa shape index (κ3) is 2.07. The van der Waals surface area contributed by atoms with Gasteiger partial charge in [-0.3, -0.25) is 9.59 Å². The Morgan fingerprint density at radius 3 is 2.78 bits per heavy atom. The van der Waals surface area contributed by atoms with Crippen LogP contribution in [0.5, 0.6) is 0 Å². The molecule has 0 aromatic carbocycles. The minimum absolute atomic E-state index is 0.0534. The lowest BCUT2D eigenvalue weighted by molar-refractivity contribution is -0.209.